The Labute approximate surface area is 500 Å². The minimum Gasteiger partial charge on any atom is -0.545 e. The standard InChI is InChI=1S/C72H129NO8/c1-6-8-10-12-14-16-18-20-22-24-26-28-30-31-32-33-34-35-36-37-38-39-41-43-45-47-49-51-53-55-57-59-61-63-70(75)81-68(67-80-72(71(76)77)78-65-64-73(3,4)5)66-79-69(74)62-60-58-56-54-52-50-48-46-44-42-40-29-27-25-23-21-19-17-15-13-11-9-7-2/h18-21,24-27,30-31,40,42,68,72H,6-17,22-23,28-29,32-39,41,43-67H2,1-5H3/b20-18-,21-19-,26-24-,27-25-,31-30-,42-40-. The third kappa shape index (κ3) is 64.1. The van der Waals surface area contributed by atoms with Gasteiger partial charge in [-0.2, -0.15) is 0 Å². The van der Waals surface area contributed by atoms with Crippen molar-refractivity contribution in [2.24, 2.45) is 0 Å². The predicted molar refractivity (Wildman–Crippen MR) is 343 cm³/mol. The second-order valence-corrected chi connectivity index (χ2v) is 24.1. The zero-order valence-electron chi connectivity index (χ0n) is 53.7. The number of hydrogen-bond donors (Lipinski definition) is 0. The molecule has 0 saturated carbocycles. The van der Waals surface area contributed by atoms with E-state index in [4.69, 9.17) is 18.9 Å². The lowest BCUT2D eigenvalue weighted by molar-refractivity contribution is -0.870. The van der Waals surface area contributed by atoms with Crippen molar-refractivity contribution in [3.63, 3.8) is 0 Å². The van der Waals surface area contributed by atoms with Gasteiger partial charge in [0.2, 0.25) is 0 Å². The maximum absolute atomic E-state index is 12.9. The van der Waals surface area contributed by atoms with Crippen LogP contribution in [0.25, 0.3) is 0 Å². The molecule has 81 heavy (non-hydrogen) atoms. The molecule has 0 aliphatic carbocycles. The number of allylic oxidation sites excluding steroid dienone is 12. The van der Waals surface area contributed by atoms with E-state index in [1.54, 1.807) is 0 Å². The lowest BCUT2D eigenvalue weighted by Crippen LogP contribution is -2.44. The summed E-state index contributed by atoms with van der Waals surface area (Å²) in [6.07, 6.45) is 79.7. The maximum Gasteiger partial charge on any atom is 0.306 e. The van der Waals surface area contributed by atoms with Crippen LogP contribution >= 0.6 is 0 Å². The highest BCUT2D eigenvalue weighted by Gasteiger charge is 2.22. The van der Waals surface area contributed by atoms with Gasteiger partial charge in [0.1, 0.15) is 13.2 Å². The van der Waals surface area contributed by atoms with Crippen LogP contribution in [0.5, 0.6) is 0 Å². The molecule has 0 fully saturated rings. The summed E-state index contributed by atoms with van der Waals surface area (Å²) in [6, 6.07) is 0. The van der Waals surface area contributed by atoms with Gasteiger partial charge < -0.3 is 33.3 Å². The summed E-state index contributed by atoms with van der Waals surface area (Å²) in [4.78, 5) is 37.4. The molecule has 0 amide bonds. The average Bonchev–Trinajstić information content (AvgIpc) is 3.44. The van der Waals surface area contributed by atoms with Crippen molar-refractivity contribution in [2.45, 2.75) is 322 Å². The Balaban J connectivity index is 4.12. The number of aliphatic carboxylic acids is 1. The van der Waals surface area contributed by atoms with Crippen molar-refractivity contribution in [1.29, 1.82) is 0 Å². The van der Waals surface area contributed by atoms with Crippen molar-refractivity contribution >= 4 is 17.9 Å². The molecule has 0 aromatic rings. The number of carbonyl (C=O) groups is 3. The number of unbranched alkanes of at least 4 members (excludes halogenated alkanes) is 36. The van der Waals surface area contributed by atoms with Crippen LogP contribution in [0.2, 0.25) is 0 Å². The van der Waals surface area contributed by atoms with Crippen LogP contribution in [0.15, 0.2) is 72.9 Å². The smallest absolute Gasteiger partial charge is 0.306 e. The van der Waals surface area contributed by atoms with E-state index < -0.39 is 24.3 Å². The quantitative estimate of drug-likeness (QED) is 0.0195. The van der Waals surface area contributed by atoms with Gasteiger partial charge in [-0.15, -0.1) is 0 Å². The Kier molecular flexibility index (Phi) is 60.2. The highest BCUT2D eigenvalue weighted by atomic mass is 16.7. The van der Waals surface area contributed by atoms with Gasteiger partial charge in [-0.25, -0.2) is 0 Å². The molecule has 0 radical (unpaired) electrons. The van der Waals surface area contributed by atoms with E-state index in [1.165, 1.54) is 205 Å². The summed E-state index contributed by atoms with van der Waals surface area (Å²) in [6.45, 7) is 4.75. The number of hydrogen-bond acceptors (Lipinski definition) is 8. The molecule has 0 spiro atoms. The summed E-state index contributed by atoms with van der Waals surface area (Å²) in [5.41, 5.74) is 0. The van der Waals surface area contributed by atoms with Crippen molar-refractivity contribution in [1.82, 2.24) is 0 Å². The zero-order valence-corrected chi connectivity index (χ0v) is 53.7. The number of ether oxygens (including phenoxy) is 4. The van der Waals surface area contributed by atoms with Gasteiger partial charge in [-0.3, -0.25) is 9.59 Å². The monoisotopic (exact) mass is 1140 g/mol. The van der Waals surface area contributed by atoms with Gasteiger partial charge in [-0.05, 0) is 89.9 Å². The van der Waals surface area contributed by atoms with E-state index in [0.717, 1.165) is 70.6 Å². The minimum absolute atomic E-state index is 0.145. The molecule has 0 aliphatic heterocycles. The number of carboxylic acids is 1. The van der Waals surface area contributed by atoms with Crippen LogP contribution < -0.4 is 5.11 Å². The molecule has 2 atom stereocenters. The first kappa shape index (κ1) is 77.7. The van der Waals surface area contributed by atoms with E-state index in [0.29, 0.717) is 17.4 Å². The molecule has 0 saturated heterocycles. The van der Waals surface area contributed by atoms with E-state index >= 15 is 0 Å². The van der Waals surface area contributed by atoms with Gasteiger partial charge in [-0.1, -0.05) is 279 Å². The lowest BCUT2D eigenvalue weighted by atomic mass is 10.0. The number of likely N-dealkylation sites (N-methyl/N-ethyl adjacent to an activating group) is 1. The van der Waals surface area contributed by atoms with Gasteiger partial charge in [0.25, 0.3) is 0 Å². The highest BCUT2D eigenvalue weighted by Crippen LogP contribution is 2.17. The van der Waals surface area contributed by atoms with Crippen LogP contribution in [0.4, 0.5) is 0 Å². The molecule has 9 heteroatoms. The second-order valence-electron chi connectivity index (χ2n) is 24.1. The van der Waals surface area contributed by atoms with Crippen molar-refractivity contribution in [2.75, 3.05) is 47.5 Å². The van der Waals surface area contributed by atoms with Crippen LogP contribution in [-0.4, -0.2) is 82.3 Å². The Bertz CT molecular complexity index is 1560. The summed E-state index contributed by atoms with van der Waals surface area (Å²) >= 11 is 0. The molecule has 0 aromatic heterocycles. The summed E-state index contributed by atoms with van der Waals surface area (Å²) < 4.78 is 22.8. The maximum atomic E-state index is 12.9. The highest BCUT2D eigenvalue weighted by molar-refractivity contribution is 5.70. The Morgan fingerprint density at radius 2 is 0.667 bits per heavy atom. The Hall–Kier alpha value is -3.27. The molecular formula is C72H129NO8. The Morgan fingerprint density at radius 1 is 0.370 bits per heavy atom. The molecule has 0 aromatic carbocycles. The van der Waals surface area contributed by atoms with Crippen molar-refractivity contribution in [3.05, 3.63) is 72.9 Å². The summed E-state index contributed by atoms with van der Waals surface area (Å²) in [7, 11) is 5.93. The summed E-state index contributed by atoms with van der Waals surface area (Å²) in [5.74, 6) is -2.28. The fourth-order valence-corrected chi connectivity index (χ4v) is 9.67. The molecule has 0 aliphatic rings. The molecular weight excluding hydrogens is 1010 g/mol. The van der Waals surface area contributed by atoms with Crippen LogP contribution in [-0.2, 0) is 33.3 Å². The molecule has 2 unspecified atom stereocenters. The van der Waals surface area contributed by atoms with Crippen molar-refractivity contribution < 1.29 is 42.9 Å². The normalized spacial score (nSPS) is 13.1. The number of rotatable bonds is 63. The SMILES string of the molecule is CCCCCCC/C=C\C/C=C\C/C=C\CCCCCCCCCCCCCCCCCCCCC(=O)OC(COC(=O)CCCCCCCCCC/C=C\C/C=C\C/C=C\CCCCCCC)COC(OCC[N+](C)(C)C)C(=O)[O-]. The predicted octanol–water partition coefficient (Wildman–Crippen LogP) is 19.6. The fourth-order valence-electron chi connectivity index (χ4n) is 9.67. The van der Waals surface area contributed by atoms with E-state index in [1.807, 2.05) is 21.1 Å². The molecule has 470 valence electrons. The first-order valence-electron chi connectivity index (χ1n) is 34.1. The number of carbonyl (C=O) groups excluding carboxylic acids is 3. The number of esters is 2. The van der Waals surface area contributed by atoms with Gasteiger partial charge in [0.05, 0.1) is 40.3 Å². The third-order valence-electron chi connectivity index (χ3n) is 14.9. The Morgan fingerprint density at radius 3 is 0.988 bits per heavy atom. The van der Waals surface area contributed by atoms with E-state index in [2.05, 4.69) is 86.8 Å². The van der Waals surface area contributed by atoms with E-state index in [-0.39, 0.29) is 38.6 Å². The molecule has 9 nitrogen and oxygen atoms in total. The first-order chi connectivity index (χ1) is 39.6. The van der Waals surface area contributed by atoms with Gasteiger partial charge in [0, 0.05) is 12.8 Å². The second kappa shape index (κ2) is 62.8. The van der Waals surface area contributed by atoms with Crippen LogP contribution in [0.1, 0.15) is 309 Å². The molecule has 0 rings (SSSR count). The largest absolute Gasteiger partial charge is 0.545 e. The minimum atomic E-state index is -1.63. The zero-order chi connectivity index (χ0) is 59.1. The number of quaternary nitrogens is 1. The van der Waals surface area contributed by atoms with Crippen LogP contribution in [0.3, 0.4) is 0 Å². The third-order valence-corrected chi connectivity index (χ3v) is 14.9. The fraction of sp³-hybridized carbons (Fsp3) is 0.792. The molecule has 0 heterocycles. The average molecular weight is 1140 g/mol. The summed E-state index contributed by atoms with van der Waals surface area (Å²) in [5, 5.41) is 11.8. The molecule has 0 bridgehead atoms. The van der Waals surface area contributed by atoms with Gasteiger partial charge in [0.15, 0.2) is 12.4 Å². The lowest BCUT2D eigenvalue weighted by Gasteiger charge is -2.26. The topological polar surface area (TPSA) is 111 Å². The number of nitrogens with zero attached hydrogens (tertiary/aromatic N) is 1. The number of carboxylic acid groups (broad SMARTS) is 1. The van der Waals surface area contributed by atoms with Crippen molar-refractivity contribution in [3.8, 4) is 0 Å². The van der Waals surface area contributed by atoms with Gasteiger partial charge >= 0.3 is 11.9 Å². The first-order valence-corrected chi connectivity index (χ1v) is 34.1. The molecule has 0 N–H and O–H groups in total. The van der Waals surface area contributed by atoms with Crippen LogP contribution in [0, 0.1) is 0 Å². The van der Waals surface area contributed by atoms with E-state index in [9.17, 15) is 19.5 Å².